The molecule has 0 fully saturated rings. The molecule has 1 aliphatic rings. The van der Waals surface area contributed by atoms with Gasteiger partial charge in [0.15, 0.2) is 0 Å². The van der Waals surface area contributed by atoms with Gasteiger partial charge in [-0.2, -0.15) is 0 Å². The fourth-order valence-electron chi connectivity index (χ4n) is 2.52. The van der Waals surface area contributed by atoms with Gasteiger partial charge in [0.25, 0.3) is 0 Å². The Balaban J connectivity index is 0.000000256. The summed E-state index contributed by atoms with van der Waals surface area (Å²) in [5.74, 6) is -0.0204. The second-order valence-corrected chi connectivity index (χ2v) is 5.76. The van der Waals surface area contributed by atoms with Gasteiger partial charge in [0.05, 0.1) is 18.2 Å². The van der Waals surface area contributed by atoms with Crippen molar-refractivity contribution in [2.24, 2.45) is 0 Å². The number of fused-ring (bicyclic) bond motifs is 2. The third-order valence-electron chi connectivity index (χ3n) is 3.74. The van der Waals surface area contributed by atoms with Crippen LogP contribution in [0.4, 0.5) is 0 Å². The molecule has 6 heteroatoms. The fraction of sp³-hybridized carbons (Fsp3) is 0.389. The molecule has 0 saturated carbocycles. The van der Waals surface area contributed by atoms with Crippen molar-refractivity contribution >= 4 is 16.7 Å². The second-order valence-electron chi connectivity index (χ2n) is 5.76. The Hall–Kier alpha value is -2.15. The van der Waals surface area contributed by atoms with E-state index in [1.54, 1.807) is 6.07 Å². The molecule has 0 bridgehead atoms. The average molecular weight is 332 g/mol. The Morgan fingerprint density at radius 1 is 1.33 bits per heavy atom. The molecule has 1 aliphatic heterocycles. The molecule has 0 aromatic heterocycles. The maximum Gasteiger partial charge on any atom is 0.341 e. The lowest BCUT2D eigenvalue weighted by atomic mass is 10.0. The van der Waals surface area contributed by atoms with Crippen molar-refractivity contribution < 1.29 is 19.4 Å². The van der Waals surface area contributed by atoms with Crippen LogP contribution in [0, 0.1) is 0 Å². The third-order valence-corrected chi connectivity index (χ3v) is 3.74. The number of rotatable bonds is 4. The first kappa shape index (κ1) is 18.2. The van der Waals surface area contributed by atoms with E-state index in [9.17, 15) is 9.90 Å². The summed E-state index contributed by atoms with van der Waals surface area (Å²) >= 11 is 0. The molecule has 0 aliphatic carbocycles. The van der Waals surface area contributed by atoms with E-state index in [0.717, 1.165) is 23.9 Å². The predicted molar refractivity (Wildman–Crippen MR) is 93.4 cm³/mol. The van der Waals surface area contributed by atoms with Crippen LogP contribution >= 0.6 is 0 Å². The van der Waals surface area contributed by atoms with Gasteiger partial charge < -0.3 is 24.8 Å². The van der Waals surface area contributed by atoms with Crippen LogP contribution in [-0.2, 0) is 4.74 Å². The Kier molecular flexibility index (Phi) is 6.14. The summed E-state index contributed by atoms with van der Waals surface area (Å²) in [5.41, 5.74) is 0.782. The highest BCUT2D eigenvalue weighted by Gasteiger charge is 2.34. The van der Waals surface area contributed by atoms with Crippen molar-refractivity contribution in [1.29, 1.82) is 0 Å². The lowest BCUT2D eigenvalue weighted by molar-refractivity contribution is -0.0555. The molecule has 1 unspecified atom stereocenters. The van der Waals surface area contributed by atoms with E-state index >= 15 is 0 Å². The number of methoxy groups -OCH3 is 1. The first-order valence-electron chi connectivity index (χ1n) is 7.77. The molecule has 130 valence electrons. The van der Waals surface area contributed by atoms with Crippen molar-refractivity contribution in [1.82, 2.24) is 10.2 Å². The maximum atomic E-state index is 11.5. The van der Waals surface area contributed by atoms with Gasteiger partial charge in [-0.25, -0.2) is 4.79 Å². The number of benzene rings is 2. The molecule has 0 saturated heterocycles. The standard InChI is InChI=1S/C13H10O4.C5H14N2/c1-16-11-8-5-3-2-4-7(8)6-9-10(11)13(15)17-12(9)14;1-6-4-5-7(2)3/h2-6,13,15H,1H3;6H,4-5H2,1-3H3. The average Bonchev–Trinajstić information content (AvgIpc) is 2.85. The van der Waals surface area contributed by atoms with Gasteiger partial charge in [0.1, 0.15) is 5.75 Å². The molecular formula is C18H24N2O4. The van der Waals surface area contributed by atoms with Crippen LogP contribution in [-0.4, -0.2) is 57.3 Å². The molecule has 2 N–H and O–H groups in total. The van der Waals surface area contributed by atoms with Crippen LogP contribution in [0.2, 0.25) is 0 Å². The lowest BCUT2D eigenvalue weighted by Gasteiger charge is -2.11. The predicted octanol–water partition coefficient (Wildman–Crippen LogP) is 1.78. The number of cyclic esters (lactones) is 1. The summed E-state index contributed by atoms with van der Waals surface area (Å²) in [5, 5.41) is 14.5. The summed E-state index contributed by atoms with van der Waals surface area (Å²) in [6.07, 6.45) is -1.24. The van der Waals surface area contributed by atoms with E-state index < -0.39 is 12.3 Å². The fourth-order valence-corrected chi connectivity index (χ4v) is 2.52. The van der Waals surface area contributed by atoms with Crippen LogP contribution in [0.15, 0.2) is 30.3 Å². The summed E-state index contributed by atoms with van der Waals surface area (Å²) in [6, 6.07) is 9.23. The van der Waals surface area contributed by atoms with Gasteiger partial charge >= 0.3 is 5.97 Å². The number of nitrogens with zero attached hydrogens (tertiary/aromatic N) is 1. The van der Waals surface area contributed by atoms with Crippen LogP contribution < -0.4 is 10.1 Å². The number of carbonyl (C=O) groups excluding carboxylic acids is 1. The van der Waals surface area contributed by atoms with E-state index in [-0.39, 0.29) is 0 Å². The topological polar surface area (TPSA) is 71.0 Å². The molecule has 1 atom stereocenters. The molecule has 1 heterocycles. The molecule has 0 spiro atoms. The number of hydrogen-bond donors (Lipinski definition) is 2. The molecule has 6 nitrogen and oxygen atoms in total. The van der Waals surface area contributed by atoms with Gasteiger partial charge in [-0.1, -0.05) is 24.3 Å². The van der Waals surface area contributed by atoms with E-state index in [2.05, 4.69) is 24.3 Å². The minimum Gasteiger partial charge on any atom is -0.496 e. The highest BCUT2D eigenvalue weighted by Crippen LogP contribution is 2.41. The largest absolute Gasteiger partial charge is 0.496 e. The van der Waals surface area contributed by atoms with Gasteiger partial charge in [0.2, 0.25) is 6.29 Å². The molecule has 0 amide bonds. The second kappa shape index (κ2) is 8.10. The molecule has 2 aromatic rings. The first-order chi connectivity index (χ1) is 11.5. The van der Waals surface area contributed by atoms with Crippen molar-refractivity contribution in [3.63, 3.8) is 0 Å². The van der Waals surface area contributed by atoms with Gasteiger partial charge in [0, 0.05) is 18.5 Å². The van der Waals surface area contributed by atoms with Crippen LogP contribution in [0.1, 0.15) is 22.2 Å². The highest BCUT2D eigenvalue weighted by atomic mass is 16.6. The zero-order chi connectivity index (χ0) is 17.7. The Morgan fingerprint density at radius 2 is 2.04 bits per heavy atom. The Bertz CT molecular complexity index is 715. The SMILES string of the molecule is CNCCN(C)C.COc1c2c(cc3ccccc13)C(=O)OC2O. The van der Waals surface area contributed by atoms with Gasteiger partial charge in [-0.15, -0.1) is 0 Å². The lowest BCUT2D eigenvalue weighted by Crippen LogP contribution is -2.23. The van der Waals surface area contributed by atoms with Crippen molar-refractivity contribution in [2.75, 3.05) is 41.3 Å². The Labute approximate surface area is 142 Å². The smallest absolute Gasteiger partial charge is 0.341 e. The normalized spacial score (nSPS) is 15.8. The summed E-state index contributed by atoms with van der Waals surface area (Å²) < 4.78 is 10.1. The molecular weight excluding hydrogens is 308 g/mol. The van der Waals surface area contributed by atoms with Crippen molar-refractivity contribution in [2.45, 2.75) is 6.29 Å². The molecule has 0 radical (unpaired) electrons. The Morgan fingerprint density at radius 3 is 2.62 bits per heavy atom. The molecule has 3 rings (SSSR count). The summed E-state index contributed by atoms with van der Waals surface area (Å²) in [4.78, 5) is 13.7. The van der Waals surface area contributed by atoms with Gasteiger partial charge in [-0.05, 0) is 32.6 Å². The first-order valence-corrected chi connectivity index (χ1v) is 7.77. The van der Waals surface area contributed by atoms with Crippen LogP contribution in [0.3, 0.4) is 0 Å². The maximum absolute atomic E-state index is 11.5. The monoisotopic (exact) mass is 332 g/mol. The van der Waals surface area contributed by atoms with E-state index in [0.29, 0.717) is 16.9 Å². The van der Waals surface area contributed by atoms with Crippen LogP contribution in [0.25, 0.3) is 10.8 Å². The summed E-state index contributed by atoms with van der Waals surface area (Å²) in [6.45, 7) is 2.20. The van der Waals surface area contributed by atoms with E-state index in [4.69, 9.17) is 9.47 Å². The number of hydrogen-bond acceptors (Lipinski definition) is 6. The van der Waals surface area contributed by atoms with Crippen molar-refractivity contribution in [3.8, 4) is 5.75 Å². The number of aliphatic hydroxyl groups is 1. The number of ether oxygens (including phenoxy) is 2. The number of carbonyl (C=O) groups is 1. The third kappa shape index (κ3) is 3.84. The summed E-state index contributed by atoms with van der Waals surface area (Å²) in [7, 11) is 7.61. The minimum atomic E-state index is -1.24. The van der Waals surface area contributed by atoms with Crippen LogP contribution in [0.5, 0.6) is 5.75 Å². The number of esters is 1. The van der Waals surface area contributed by atoms with Gasteiger partial charge in [-0.3, -0.25) is 0 Å². The number of likely N-dealkylation sites (N-methyl/N-ethyl adjacent to an activating group) is 2. The molecule has 24 heavy (non-hydrogen) atoms. The van der Waals surface area contributed by atoms with E-state index in [1.165, 1.54) is 7.11 Å². The quantitative estimate of drug-likeness (QED) is 0.832. The zero-order valence-electron chi connectivity index (χ0n) is 14.5. The van der Waals surface area contributed by atoms with E-state index in [1.807, 2.05) is 31.3 Å². The molecule has 2 aromatic carbocycles. The van der Waals surface area contributed by atoms with Crippen molar-refractivity contribution in [3.05, 3.63) is 41.5 Å². The minimum absolute atomic E-state index is 0.369. The highest BCUT2D eigenvalue weighted by molar-refractivity contribution is 6.02. The number of aliphatic hydroxyl groups excluding tert-OH is 1. The zero-order valence-corrected chi connectivity index (χ0v) is 14.5. The number of nitrogens with one attached hydrogen (secondary N) is 1.